The summed E-state index contributed by atoms with van der Waals surface area (Å²) < 4.78 is 12.9. The Morgan fingerprint density at radius 2 is 1.54 bits per heavy atom. The van der Waals surface area contributed by atoms with E-state index in [-0.39, 0.29) is 23.3 Å². The van der Waals surface area contributed by atoms with Gasteiger partial charge in [0.05, 0.1) is 0 Å². The van der Waals surface area contributed by atoms with Gasteiger partial charge in [0.1, 0.15) is 17.5 Å². The lowest BCUT2D eigenvalue weighted by atomic mass is 9.98. The summed E-state index contributed by atoms with van der Waals surface area (Å²) in [6, 6.07) is 8.25. The largest absolute Gasteiger partial charge is 0.386 e. The average molecular weight is 386 g/mol. The van der Waals surface area contributed by atoms with Crippen LogP contribution in [0, 0.1) is 17.1 Å². The van der Waals surface area contributed by atoms with Gasteiger partial charge in [0.25, 0.3) is 5.91 Å². The van der Waals surface area contributed by atoms with E-state index < -0.39 is 0 Å². The summed E-state index contributed by atoms with van der Waals surface area (Å²) >= 11 is 0. The second kappa shape index (κ2) is 12.9. The van der Waals surface area contributed by atoms with Crippen LogP contribution in [0.1, 0.15) is 76.2 Å². The van der Waals surface area contributed by atoms with E-state index >= 15 is 0 Å². The summed E-state index contributed by atoms with van der Waals surface area (Å²) in [5.41, 5.74) is 0.961. The Kier molecular flexibility index (Phi) is 10.1. The van der Waals surface area contributed by atoms with Crippen LogP contribution < -0.4 is 10.6 Å². The number of amides is 1. The number of carbonyl (C=O) groups excluding carboxylic acids is 1. The van der Waals surface area contributed by atoms with Crippen LogP contribution in [0.5, 0.6) is 0 Å². The molecule has 1 aliphatic rings. The topological polar surface area (TPSA) is 64.9 Å². The number of hydrogen-bond donors (Lipinski definition) is 2. The third-order valence-electron chi connectivity index (χ3n) is 5.27. The van der Waals surface area contributed by atoms with Crippen LogP contribution in [0.25, 0.3) is 0 Å². The van der Waals surface area contributed by atoms with Crippen molar-refractivity contribution < 1.29 is 9.18 Å². The van der Waals surface area contributed by atoms with E-state index in [1.165, 1.54) is 63.3 Å². The van der Waals surface area contributed by atoms with Crippen LogP contribution in [0.2, 0.25) is 0 Å². The molecule has 1 fully saturated rings. The van der Waals surface area contributed by atoms with Gasteiger partial charge in [0, 0.05) is 18.8 Å². The molecule has 0 unspecified atom stereocenters. The fourth-order valence-electron chi connectivity index (χ4n) is 3.59. The first kappa shape index (κ1) is 21.9. The van der Waals surface area contributed by atoms with Crippen LogP contribution in [-0.4, -0.2) is 11.9 Å². The molecule has 5 heteroatoms. The molecule has 1 saturated carbocycles. The molecule has 0 radical (unpaired) electrons. The zero-order chi connectivity index (χ0) is 20.0. The molecule has 2 rings (SSSR count). The Morgan fingerprint density at radius 3 is 2.07 bits per heavy atom. The Hall–Kier alpha value is -2.35. The van der Waals surface area contributed by atoms with E-state index in [1.807, 2.05) is 6.07 Å². The zero-order valence-corrected chi connectivity index (χ0v) is 16.7. The van der Waals surface area contributed by atoms with Gasteiger partial charge in [-0.05, 0) is 30.5 Å². The number of nitrogens with one attached hydrogen (secondary N) is 2. The monoisotopic (exact) mass is 385 g/mol. The van der Waals surface area contributed by atoms with E-state index in [4.69, 9.17) is 0 Å². The van der Waals surface area contributed by atoms with Gasteiger partial charge in [0.15, 0.2) is 0 Å². The SMILES string of the molecule is N#C/C(=C/NCc1ccc(F)cc1)C(=O)NC1CCCCCCCCCCC1. The molecule has 0 atom stereocenters. The zero-order valence-electron chi connectivity index (χ0n) is 16.7. The fraction of sp³-hybridized carbons (Fsp3) is 0.565. The maximum atomic E-state index is 12.9. The van der Waals surface area contributed by atoms with Crippen molar-refractivity contribution in [2.45, 2.75) is 83.2 Å². The third kappa shape index (κ3) is 8.56. The second-order valence-corrected chi connectivity index (χ2v) is 7.61. The van der Waals surface area contributed by atoms with Crippen molar-refractivity contribution in [3.8, 4) is 6.07 Å². The highest BCUT2D eigenvalue weighted by Crippen LogP contribution is 2.17. The molecule has 0 bridgehead atoms. The molecule has 0 aliphatic heterocycles. The molecular formula is C23H32FN3O. The van der Waals surface area contributed by atoms with Gasteiger partial charge in [-0.2, -0.15) is 5.26 Å². The van der Waals surface area contributed by atoms with Crippen molar-refractivity contribution in [2.75, 3.05) is 0 Å². The van der Waals surface area contributed by atoms with Gasteiger partial charge in [-0.1, -0.05) is 69.9 Å². The highest BCUT2D eigenvalue weighted by atomic mass is 19.1. The highest BCUT2D eigenvalue weighted by Gasteiger charge is 2.15. The molecule has 1 amide bonds. The molecule has 1 aromatic rings. The molecule has 0 spiro atoms. The van der Waals surface area contributed by atoms with Crippen LogP contribution in [0.4, 0.5) is 4.39 Å². The number of benzene rings is 1. The molecule has 152 valence electrons. The molecule has 0 saturated heterocycles. The predicted octanol–water partition coefficient (Wildman–Crippen LogP) is 5.11. The van der Waals surface area contributed by atoms with Crippen molar-refractivity contribution in [1.82, 2.24) is 10.6 Å². The normalized spacial score (nSPS) is 17.6. The van der Waals surface area contributed by atoms with Gasteiger partial charge >= 0.3 is 0 Å². The lowest BCUT2D eigenvalue weighted by Gasteiger charge is -2.19. The van der Waals surface area contributed by atoms with Crippen molar-refractivity contribution in [2.24, 2.45) is 0 Å². The van der Waals surface area contributed by atoms with E-state index in [0.717, 1.165) is 31.2 Å². The standard InChI is InChI=1S/C23H32FN3O/c24-21-14-12-19(13-15-21)17-26-18-20(16-25)23(28)27-22-10-8-6-4-2-1-3-5-7-9-11-22/h12-15,18,22,26H,1-11,17H2,(H,27,28)/b20-18-. The summed E-state index contributed by atoms with van der Waals surface area (Å²) in [6.45, 7) is 0.433. The molecule has 2 N–H and O–H groups in total. The Morgan fingerprint density at radius 1 is 1.00 bits per heavy atom. The maximum absolute atomic E-state index is 12.9. The first-order valence-electron chi connectivity index (χ1n) is 10.6. The average Bonchev–Trinajstić information content (AvgIpc) is 2.68. The number of nitriles is 1. The number of nitrogens with zero attached hydrogens (tertiary/aromatic N) is 1. The van der Waals surface area contributed by atoms with Gasteiger partial charge < -0.3 is 10.6 Å². The predicted molar refractivity (Wildman–Crippen MR) is 110 cm³/mol. The molecule has 0 heterocycles. The van der Waals surface area contributed by atoms with Crippen LogP contribution in [-0.2, 0) is 11.3 Å². The van der Waals surface area contributed by atoms with E-state index in [2.05, 4.69) is 10.6 Å². The second-order valence-electron chi connectivity index (χ2n) is 7.61. The van der Waals surface area contributed by atoms with Crippen molar-refractivity contribution in [3.63, 3.8) is 0 Å². The molecule has 4 nitrogen and oxygen atoms in total. The molecular weight excluding hydrogens is 353 g/mol. The number of halogens is 1. The van der Waals surface area contributed by atoms with Gasteiger partial charge in [-0.25, -0.2) is 4.39 Å². The quantitative estimate of drug-likeness (QED) is 0.547. The van der Waals surface area contributed by atoms with Gasteiger partial charge in [-0.3, -0.25) is 4.79 Å². The van der Waals surface area contributed by atoms with Crippen molar-refractivity contribution in [3.05, 3.63) is 47.4 Å². The molecule has 28 heavy (non-hydrogen) atoms. The summed E-state index contributed by atoms with van der Waals surface area (Å²) in [7, 11) is 0. The highest BCUT2D eigenvalue weighted by molar-refractivity contribution is 5.97. The molecule has 1 aromatic carbocycles. The number of carbonyl (C=O) groups is 1. The number of rotatable bonds is 5. The molecule has 1 aliphatic carbocycles. The Bertz CT molecular complexity index is 651. The Balaban J connectivity index is 1.85. The van der Waals surface area contributed by atoms with Crippen LogP contribution in [0.15, 0.2) is 36.0 Å². The van der Waals surface area contributed by atoms with Crippen LogP contribution in [0.3, 0.4) is 0 Å². The van der Waals surface area contributed by atoms with Crippen LogP contribution >= 0.6 is 0 Å². The van der Waals surface area contributed by atoms with Gasteiger partial charge in [0.2, 0.25) is 0 Å². The van der Waals surface area contributed by atoms with Crippen molar-refractivity contribution in [1.29, 1.82) is 5.26 Å². The van der Waals surface area contributed by atoms with Gasteiger partial charge in [-0.15, -0.1) is 0 Å². The fourth-order valence-corrected chi connectivity index (χ4v) is 3.59. The third-order valence-corrected chi connectivity index (χ3v) is 5.27. The van der Waals surface area contributed by atoms with E-state index in [1.54, 1.807) is 12.1 Å². The van der Waals surface area contributed by atoms with E-state index in [0.29, 0.717) is 6.54 Å². The minimum absolute atomic E-state index is 0.0771. The summed E-state index contributed by atoms with van der Waals surface area (Å²) in [5, 5.41) is 15.4. The minimum Gasteiger partial charge on any atom is -0.386 e. The maximum Gasteiger partial charge on any atom is 0.263 e. The van der Waals surface area contributed by atoms with Crippen molar-refractivity contribution >= 4 is 5.91 Å². The first-order chi connectivity index (χ1) is 13.7. The Labute approximate surface area is 168 Å². The smallest absolute Gasteiger partial charge is 0.263 e. The summed E-state index contributed by atoms with van der Waals surface area (Å²) in [5.74, 6) is -0.598. The van der Waals surface area contributed by atoms with E-state index in [9.17, 15) is 14.4 Å². The lowest BCUT2D eigenvalue weighted by molar-refractivity contribution is -0.117. The summed E-state index contributed by atoms with van der Waals surface area (Å²) in [6.07, 6.45) is 14.6. The molecule has 0 aromatic heterocycles. The summed E-state index contributed by atoms with van der Waals surface area (Å²) in [4.78, 5) is 12.5. The lowest BCUT2D eigenvalue weighted by Crippen LogP contribution is -2.36. The first-order valence-corrected chi connectivity index (χ1v) is 10.6. The number of hydrogen-bond acceptors (Lipinski definition) is 3. The minimum atomic E-state index is -0.314.